The molecular formula is C15H15NO5. The molecule has 3 rings (SSSR count). The Balaban J connectivity index is 1.85. The molecule has 6 heteroatoms. The molecule has 1 aliphatic rings. The van der Waals surface area contributed by atoms with Crippen molar-refractivity contribution in [3.8, 4) is 0 Å². The molecule has 1 aromatic heterocycles. The summed E-state index contributed by atoms with van der Waals surface area (Å²) >= 11 is 0. The van der Waals surface area contributed by atoms with Crippen LogP contribution in [0.2, 0.25) is 0 Å². The third-order valence-corrected chi connectivity index (χ3v) is 3.82. The van der Waals surface area contributed by atoms with Crippen LogP contribution >= 0.6 is 0 Å². The molecule has 1 aromatic carbocycles. The van der Waals surface area contributed by atoms with E-state index in [4.69, 9.17) is 14.3 Å². The van der Waals surface area contributed by atoms with Crippen molar-refractivity contribution in [1.29, 1.82) is 0 Å². The van der Waals surface area contributed by atoms with Gasteiger partial charge in [-0.1, -0.05) is 18.2 Å². The fourth-order valence-electron chi connectivity index (χ4n) is 2.57. The lowest BCUT2D eigenvalue weighted by Crippen LogP contribution is -2.44. The Morgan fingerprint density at radius 2 is 2.05 bits per heavy atom. The first-order valence-electron chi connectivity index (χ1n) is 6.64. The first-order chi connectivity index (χ1) is 10.1. The average molecular weight is 289 g/mol. The van der Waals surface area contributed by atoms with E-state index in [1.165, 1.54) is 4.90 Å². The van der Waals surface area contributed by atoms with Gasteiger partial charge in [0.15, 0.2) is 5.76 Å². The maximum Gasteiger partial charge on any atom is 0.311 e. The topological polar surface area (TPSA) is 80.0 Å². The molecule has 1 fully saturated rings. The maximum absolute atomic E-state index is 12.5. The van der Waals surface area contributed by atoms with Crippen LogP contribution in [0.3, 0.4) is 0 Å². The first-order valence-corrected chi connectivity index (χ1v) is 6.64. The number of ether oxygens (including phenoxy) is 1. The molecule has 1 aliphatic heterocycles. The van der Waals surface area contributed by atoms with Crippen LogP contribution in [-0.4, -0.2) is 48.2 Å². The second-order valence-corrected chi connectivity index (χ2v) is 5.11. The highest BCUT2D eigenvalue weighted by Gasteiger charge is 2.39. The number of carboxylic acids is 1. The van der Waals surface area contributed by atoms with Gasteiger partial charge in [-0.25, -0.2) is 0 Å². The minimum atomic E-state index is -0.957. The Bertz CT molecular complexity index is 659. The standard InChI is InChI=1S/C15H15NO5/c1-16(11-8-20-7-10(11)15(18)19)14(17)13-6-9-4-2-3-5-12(9)21-13/h2-6,10-11H,7-8H2,1H3,(H,18,19). The van der Waals surface area contributed by atoms with Gasteiger partial charge in [0.1, 0.15) is 11.5 Å². The zero-order valence-electron chi connectivity index (χ0n) is 11.5. The minimum absolute atomic E-state index is 0.123. The number of amides is 1. The Kier molecular flexibility index (Phi) is 3.39. The number of hydrogen-bond acceptors (Lipinski definition) is 4. The highest BCUT2D eigenvalue weighted by atomic mass is 16.5. The predicted octanol–water partition coefficient (Wildman–Crippen LogP) is 1.60. The molecule has 2 atom stereocenters. The van der Waals surface area contributed by atoms with Gasteiger partial charge in [-0.3, -0.25) is 9.59 Å². The number of para-hydroxylation sites is 1. The number of benzene rings is 1. The minimum Gasteiger partial charge on any atom is -0.481 e. The molecule has 0 aliphatic carbocycles. The predicted molar refractivity (Wildman–Crippen MR) is 74.0 cm³/mol. The lowest BCUT2D eigenvalue weighted by molar-refractivity contribution is -0.142. The number of furan rings is 1. The van der Waals surface area contributed by atoms with Gasteiger partial charge in [0.05, 0.1) is 19.3 Å². The number of fused-ring (bicyclic) bond motifs is 1. The molecule has 2 heterocycles. The summed E-state index contributed by atoms with van der Waals surface area (Å²) in [6.45, 7) is 0.344. The van der Waals surface area contributed by atoms with Crippen molar-refractivity contribution in [3.63, 3.8) is 0 Å². The van der Waals surface area contributed by atoms with E-state index in [9.17, 15) is 9.59 Å². The van der Waals surface area contributed by atoms with E-state index in [0.29, 0.717) is 5.58 Å². The van der Waals surface area contributed by atoms with Gasteiger partial charge < -0.3 is 19.2 Å². The monoisotopic (exact) mass is 289 g/mol. The van der Waals surface area contributed by atoms with Gasteiger partial charge in [0.25, 0.3) is 5.91 Å². The summed E-state index contributed by atoms with van der Waals surface area (Å²) in [4.78, 5) is 25.0. The summed E-state index contributed by atoms with van der Waals surface area (Å²) in [7, 11) is 1.57. The Labute approximate surface area is 120 Å². The number of carbonyl (C=O) groups is 2. The zero-order valence-corrected chi connectivity index (χ0v) is 11.5. The lowest BCUT2D eigenvalue weighted by Gasteiger charge is -2.25. The van der Waals surface area contributed by atoms with Gasteiger partial charge >= 0.3 is 5.97 Å². The van der Waals surface area contributed by atoms with E-state index < -0.39 is 17.9 Å². The molecular weight excluding hydrogens is 274 g/mol. The normalized spacial score (nSPS) is 21.6. The second-order valence-electron chi connectivity index (χ2n) is 5.11. The van der Waals surface area contributed by atoms with Crippen molar-refractivity contribution in [2.75, 3.05) is 20.3 Å². The molecule has 2 aromatic rings. The van der Waals surface area contributed by atoms with Crippen LogP contribution < -0.4 is 0 Å². The van der Waals surface area contributed by atoms with Crippen molar-refractivity contribution < 1.29 is 23.8 Å². The zero-order chi connectivity index (χ0) is 15.0. The number of carboxylic acid groups (broad SMARTS) is 1. The van der Waals surface area contributed by atoms with Gasteiger partial charge in [-0.05, 0) is 12.1 Å². The highest BCUT2D eigenvalue weighted by molar-refractivity contribution is 5.96. The summed E-state index contributed by atoms with van der Waals surface area (Å²) < 4.78 is 10.7. The molecule has 1 N–H and O–H groups in total. The number of rotatable bonds is 3. The largest absolute Gasteiger partial charge is 0.481 e. The number of likely N-dealkylation sites (N-methyl/N-ethyl adjacent to an activating group) is 1. The van der Waals surface area contributed by atoms with E-state index in [2.05, 4.69) is 0 Å². The van der Waals surface area contributed by atoms with Gasteiger partial charge in [-0.15, -0.1) is 0 Å². The molecule has 0 radical (unpaired) electrons. The first kappa shape index (κ1) is 13.6. The fraction of sp³-hybridized carbons (Fsp3) is 0.333. The smallest absolute Gasteiger partial charge is 0.311 e. The third kappa shape index (κ3) is 2.38. The van der Waals surface area contributed by atoms with Gasteiger partial charge in [-0.2, -0.15) is 0 Å². The summed E-state index contributed by atoms with van der Waals surface area (Å²) in [6, 6.07) is 8.51. The number of aliphatic carboxylic acids is 1. The molecule has 2 unspecified atom stereocenters. The maximum atomic E-state index is 12.5. The Hall–Kier alpha value is -2.34. The van der Waals surface area contributed by atoms with E-state index in [0.717, 1.165) is 5.39 Å². The van der Waals surface area contributed by atoms with Crippen LogP contribution in [0, 0.1) is 5.92 Å². The van der Waals surface area contributed by atoms with E-state index in [1.807, 2.05) is 18.2 Å². The van der Waals surface area contributed by atoms with Crippen LogP contribution in [0.1, 0.15) is 10.6 Å². The second kappa shape index (κ2) is 5.21. The molecule has 21 heavy (non-hydrogen) atoms. The lowest BCUT2D eigenvalue weighted by atomic mass is 10.0. The van der Waals surface area contributed by atoms with Crippen molar-refractivity contribution in [3.05, 3.63) is 36.1 Å². The summed E-state index contributed by atoms with van der Waals surface area (Å²) in [5.41, 5.74) is 0.631. The van der Waals surface area contributed by atoms with Crippen LogP contribution in [0.15, 0.2) is 34.7 Å². The number of hydrogen-bond donors (Lipinski definition) is 1. The van der Waals surface area contributed by atoms with Crippen LogP contribution in [0.25, 0.3) is 11.0 Å². The number of carbonyl (C=O) groups excluding carboxylic acids is 1. The van der Waals surface area contributed by atoms with Gasteiger partial charge in [0, 0.05) is 12.4 Å². The van der Waals surface area contributed by atoms with Crippen LogP contribution in [0.4, 0.5) is 0 Å². The van der Waals surface area contributed by atoms with E-state index >= 15 is 0 Å². The summed E-state index contributed by atoms with van der Waals surface area (Å²) in [5.74, 6) is -1.80. The van der Waals surface area contributed by atoms with Crippen LogP contribution in [-0.2, 0) is 9.53 Å². The Morgan fingerprint density at radius 1 is 1.29 bits per heavy atom. The quantitative estimate of drug-likeness (QED) is 0.928. The summed E-state index contributed by atoms with van der Waals surface area (Å²) in [5, 5.41) is 10.00. The van der Waals surface area contributed by atoms with E-state index in [-0.39, 0.29) is 24.9 Å². The molecule has 1 saturated heterocycles. The highest BCUT2D eigenvalue weighted by Crippen LogP contribution is 2.24. The molecule has 0 spiro atoms. The number of nitrogens with zero attached hydrogens (tertiary/aromatic N) is 1. The van der Waals surface area contributed by atoms with Crippen molar-refractivity contribution in [1.82, 2.24) is 4.90 Å². The van der Waals surface area contributed by atoms with E-state index in [1.54, 1.807) is 19.2 Å². The molecule has 0 bridgehead atoms. The average Bonchev–Trinajstić information content (AvgIpc) is 3.11. The van der Waals surface area contributed by atoms with Crippen molar-refractivity contribution in [2.24, 2.45) is 5.92 Å². The third-order valence-electron chi connectivity index (χ3n) is 3.82. The fourth-order valence-corrected chi connectivity index (χ4v) is 2.57. The molecule has 6 nitrogen and oxygen atoms in total. The summed E-state index contributed by atoms with van der Waals surface area (Å²) in [6.07, 6.45) is 0. The molecule has 0 saturated carbocycles. The van der Waals surface area contributed by atoms with Crippen molar-refractivity contribution in [2.45, 2.75) is 6.04 Å². The van der Waals surface area contributed by atoms with Crippen molar-refractivity contribution >= 4 is 22.8 Å². The van der Waals surface area contributed by atoms with Crippen LogP contribution in [0.5, 0.6) is 0 Å². The SMILES string of the molecule is CN(C(=O)c1cc2ccccc2o1)C1COCC1C(=O)O. The molecule has 1 amide bonds. The molecule has 110 valence electrons. The Morgan fingerprint density at radius 3 is 2.76 bits per heavy atom. The van der Waals surface area contributed by atoms with Gasteiger partial charge in [0.2, 0.25) is 0 Å².